The van der Waals surface area contributed by atoms with Crippen molar-refractivity contribution < 1.29 is 19.4 Å². The van der Waals surface area contributed by atoms with Crippen LogP contribution in [-0.2, 0) is 9.59 Å². The molecule has 1 atom stereocenters. The molecule has 176 valence electrons. The van der Waals surface area contributed by atoms with Gasteiger partial charge in [0.25, 0.3) is 11.7 Å². The topological polar surface area (TPSA) is 70.1 Å². The third kappa shape index (κ3) is 5.45. The Bertz CT molecular complexity index is 1010. The van der Waals surface area contributed by atoms with E-state index < -0.39 is 17.7 Å². The Kier molecular flexibility index (Phi) is 7.92. The van der Waals surface area contributed by atoms with Crippen LogP contribution in [0.15, 0.2) is 54.1 Å². The summed E-state index contributed by atoms with van der Waals surface area (Å²) in [5, 5.41) is 11.2. The monoisotopic (exact) mass is 450 g/mol. The van der Waals surface area contributed by atoms with Crippen molar-refractivity contribution in [2.24, 2.45) is 0 Å². The van der Waals surface area contributed by atoms with E-state index in [0.717, 1.165) is 24.2 Å². The Balaban J connectivity index is 2.04. The molecule has 0 bridgehead atoms. The number of carbonyl (C=O) groups excluding carboxylic acids is 2. The fourth-order valence-corrected chi connectivity index (χ4v) is 4.11. The maximum Gasteiger partial charge on any atom is 0.295 e. The van der Waals surface area contributed by atoms with E-state index in [0.29, 0.717) is 24.4 Å². The van der Waals surface area contributed by atoms with Crippen molar-refractivity contribution >= 4 is 17.4 Å². The number of likely N-dealkylation sites (N-methyl/N-ethyl adjacent to an activating group) is 1. The number of likely N-dealkylation sites (tertiary alicyclic amines) is 1. The summed E-state index contributed by atoms with van der Waals surface area (Å²) in [5.41, 5.74) is 2.49. The Morgan fingerprint density at radius 2 is 1.64 bits per heavy atom. The van der Waals surface area contributed by atoms with Gasteiger partial charge < -0.3 is 19.6 Å². The molecule has 1 aliphatic rings. The average molecular weight is 451 g/mol. The molecule has 0 aromatic heterocycles. The first-order valence-electron chi connectivity index (χ1n) is 11.6. The highest BCUT2D eigenvalue weighted by Crippen LogP contribution is 2.39. The number of hydrogen-bond acceptors (Lipinski definition) is 5. The van der Waals surface area contributed by atoms with Gasteiger partial charge in [-0.1, -0.05) is 43.7 Å². The predicted octanol–water partition coefficient (Wildman–Crippen LogP) is 4.55. The Morgan fingerprint density at radius 1 is 1.03 bits per heavy atom. The lowest BCUT2D eigenvalue weighted by Crippen LogP contribution is -2.38. The van der Waals surface area contributed by atoms with Gasteiger partial charge >= 0.3 is 0 Å². The summed E-state index contributed by atoms with van der Waals surface area (Å²) in [6, 6.07) is 14.1. The van der Waals surface area contributed by atoms with Gasteiger partial charge in [0.05, 0.1) is 17.7 Å². The molecule has 1 heterocycles. The summed E-state index contributed by atoms with van der Waals surface area (Å²) < 4.78 is 5.68. The lowest BCUT2D eigenvalue weighted by molar-refractivity contribution is -0.140. The summed E-state index contributed by atoms with van der Waals surface area (Å²) in [4.78, 5) is 30.0. The molecule has 1 aliphatic heterocycles. The molecule has 1 amide bonds. The minimum Gasteiger partial charge on any atom is -0.507 e. The molecule has 0 saturated carbocycles. The smallest absolute Gasteiger partial charge is 0.295 e. The molecule has 33 heavy (non-hydrogen) atoms. The van der Waals surface area contributed by atoms with Crippen LogP contribution in [0.2, 0.25) is 0 Å². The molecule has 2 aromatic rings. The predicted molar refractivity (Wildman–Crippen MR) is 130 cm³/mol. The van der Waals surface area contributed by atoms with Crippen LogP contribution in [0.3, 0.4) is 0 Å². The second-order valence-corrected chi connectivity index (χ2v) is 8.62. The SMILES string of the molecule is CCN(CC)CCN1C(=O)C(=O)/C(=C(/O)c2ccc(OC(C)C)cc2)[C@@H]1c1ccc(C)cc1. The van der Waals surface area contributed by atoms with E-state index in [-0.39, 0.29) is 17.4 Å². The Morgan fingerprint density at radius 3 is 2.18 bits per heavy atom. The van der Waals surface area contributed by atoms with Crippen molar-refractivity contribution in [1.82, 2.24) is 9.80 Å². The molecule has 2 aromatic carbocycles. The van der Waals surface area contributed by atoms with E-state index in [1.807, 2.05) is 45.0 Å². The van der Waals surface area contributed by atoms with Crippen molar-refractivity contribution in [3.63, 3.8) is 0 Å². The van der Waals surface area contributed by atoms with Crippen molar-refractivity contribution in [2.75, 3.05) is 26.2 Å². The molecule has 6 nitrogen and oxygen atoms in total. The number of nitrogens with zero attached hydrogens (tertiary/aromatic N) is 2. The lowest BCUT2D eigenvalue weighted by atomic mass is 9.94. The van der Waals surface area contributed by atoms with Gasteiger partial charge in [-0.05, 0) is 63.7 Å². The van der Waals surface area contributed by atoms with E-state index >= 15 is 0 Å². The van der Waals surface area contributed by atoms with Gasteiger partial charge in [-0.25, -0.2) is 0 Å². The number of rotatable bonds is 9. The first-order chi connectivity index (χ1) is 15.8. The van der Waals surface area contributed by atoms with Crippen molar-refractivity contribution in [3.8, 4) is 5.75 Å². The van der Waals surface area contributed by atoms with Crippen molar-refractivity contribution in [3.05, 3.63) is 70.8 Å². The van der Waals surface area contributed by atoms with Gasteiger partial charge in [0.2, 0.25) is 0 Å². The first-order valence-corrected chi connectivity index (χ1v) is 11.6. The number of Topliss-reactive ketones (excluding diaryl/α,β-unsaturated/α-hetero) is 1. The van der Waals surface area contributed by atoms with E-state index in [1.54, 1.807) is 29.2 Å². The molecule has 0 aliphatic carbocycles. The van der Waals surface area contributed by atoms with Crippen LogP contribution in [0.5, 0.6) is 5.75 Å². The van der Waals surface area contributed by atoms with E-state index in [2.05, 4.69) is 18.7 Å². The zero-order chi connectivity index (χ0) is 24.1. The first kappa shape index (κ1) is 24.5. The second-order valence-electron chi connectivity index (χ2n) is 8.62. The maximum atomic E-state index is 13.1. The highest BCUT2D eigenvalue weighted by molar-refractivity contribution is 6.46. The summed E-state index contributed by atoms with van der Waals surface area (Å²) in [6.45, 7) is 12.8. The molecule has 0 unspecified atom stereocenters. The molecule has 1 N–H and O–H groups in total. The van der Waals surface area contributed by atoms with Gasteiger partial charge in [0.1, 0.15) is 11.5 Å². The standard InChI is InChI=1S/C27H34N2O4/c1-6-28(7-2)16-17-29-24(20-10-8-19(5)9-11-20)23(26(31)27(29)32)25(30)21-12-14-22(15-13-21)33-18(3)4/h8-15,18,24,30H,6-7,16-17H2,1-5H3/b25-23+/t24-/m0/s1. The number of aliphatic hydroxyl groups excluding tert-OH is 1. The molecular weight excluding hydrogens is 416 g/mol. The minimum atomic E-state index is -0.653. The normalized spacial score (nSPS) is 17.9. The van der Waals surface area contributed by atoms with Gasteiger partial charge in [0.15, 0.2) is 0 Å². The summed E-state index contributed by atoms with van der Waals surface area (Å²) in [7, 11) is 0. The maximum absolute atomic E-state index is 13.1. The van der Waals surface area contributed by atoms with E-state index in [9.17, 15) is 14.7 Å². The van der Waals surface area contributed by atoms with Gasteiger partial charge in [-0.15, -0.1) is 0 Å². The fraction of sp³-hybridized carbons (Fsp3) is 0.407. The minimum absolute atomic E-state index is 0.0297. The Labute approximate surface area is 196 Å². The van der Waals surface area contributed by atoms with Crippen LogP contribution in [0, 0.1) is 6.92 Å². The molecule has 1 saturated heterocycles. The van der Waals surface area contributed by atoms with Crippen LogP contribution in [0.1, 0.15) is 50.4 Å². The fourth-order valence-electron chi connectivity index (χ4n) is 4.11. The largest absolute Gasteiger partial charge is 0.507 e. The third-order valence-corrected chi connectivity index (χ3v) is 5.98. The van der Waals surface area contributed by atoms with Crippen LogP contribution >= 0.6 is 0 Å². The number of ether oxygens (including phenoxy) is 1. The van der Waals surface area contributed by atoms with E-state index in [1.165, 1.54) is 0 Å². The molecule has 3 rings (SSSR count). The van der Waals surface area contributed by atoms with Gasteiger partial charge in [-0.3, -0.25) is 9.59 Å². The van der Waals surface area contributed by atoms with Crippen LogP contribution in [0.4, 0.5) is 0 Å². The number of ketones is 1. The number of aliphatic hydroxyl groups is 1. The number of aryl methyl sites for hydroxylation is 1. The van der Waals surface area contributed by atoms with Crippen LogP contribution < -0.4 is 4.74 Å². The number of amides is 1. The molecule has 0 spiro atoms. The number of benzene rings is 2. The summed E-state index contributed by atoms with van der Waals surface area (Å²) in [5.74, 6) is -0.717. The van der Waals surface area contributed by atoms with Crippen molar-refractivity contribution in [2.45, 2.75) is 46.8 Å². The van der Waals surface area contributed by atoms with Crippen molar-refractivity contribution in [1.29, 1.82) is 0 Å². The van der Waals surface area contributed by atoms with E-state index in [4.69, 9.17) is 4.74 Å². The molecule has 6 heteroatoms. The quantitative estimate of drug-likeness (QED) is 0.345. The molecular formula is C27H34N2O4. The molecule has 0 radical (unpaired) electrons. The van der Waals surface area contributed by atoms with Gasteiger partial charge in [0, 0.05) is 18.7 Å². The Hall–Kier alpha value is -3.12. The lowest BCUT2D eigenvalue weighted by Gasteiger charge is -2.28. The zero-order valence-electron chi connectivity index (χ0n) is 20.2. The number of carbonyl (C=O) groups is 2. The second kappa shape index (κ2) is 10.7. The highest BCUT2D eigenvalue weighted by atomic mass is 16.5. The molecule has 1 fully saturated rings. The van der Waals surface area contributed by atoms with Crippen LogP contribution in [-0.4, -0.2) is 58.9 Å². The summed E-state index contributed by atoms with van der Waals surface area (Å²) >= 11 is 0. The average Bonchev–Trinajstić information content (AvgIpc) is 3.05. The summed E-state index contributed by atoms with van der Waals surface area (Å²) in [6.07, 6.45) is 0.0297. The highest BCUT2D eigenvalue weighted by Gasteiger charge is 2.45. The van der Waals surface area contributed by atoms with Crippen LogP contribution in [0.25, 0.3) is 5.76 Å². The third-order valence-electron chi connectivity index (χ3n) is 5.98. The van der Waals surface area contributed by atoms with Gasteiger partial charge in [-0.2, -0.15) is 0 Å². The zero-order valence-corrected chi connectivity index (χ0v) is 20.2. The number of hydrogen-bond donors (Lipinski definition) is 1.